The van der Waals surface area contributed by atoms with Gasteiger partial charge in [-0.05, 0) is 41.8 Å². The highest BCUT2D eigenvalue weighted by molar-refractivity contribution is 7.80. The Morgan fingerprint density at radius 3 is 2.12 bits per heavy atom. The maximum atomic E-state index is 10.00. The van der Waals surface area contributed by atoms with Crippen molar-refractivity contribution < 1.29 is 10.2 Å². The first-order chi connectivity index (χ1) is 11.8. The van der Waals surface area contributed by atoms with E-state index in [1.165, 1.54) is 6.07 Å². The zero-order chi connectivity index (χ0) is 19.0. The van der Waals surface area contributed by atoms with Crippen molar-refractivity contribution in [2.45, 2.75) is 30.8 Å². The lowest BCUT2D eigenvalue weighted by Crippen LogP contribution is -2.20. The molecule has 0 aliphatic heterocycles. The molecule has 0 saturated heterocycles. The van der Waals surface area contributed by atoms with E-state index in [0.29, 0.717) is 12.1 Å². The minimum Gasteiger partial charge on any atom is -0.508 e. The Balaban J connectivity index is 0.000000705. The first kappa shape index (κ1) is 20.9. The summed E-state index contributed by atoms with van der Waals surface area (Å²) in [5.41, 5.74) is 13.2. The van der Waals surface area contributed by atoms with Gasteiger partial charge in [0.15, 0.2) is 0 Å². The number of hydrogen-bond acceptors (Lipinski definition) is 6. The molecule has 0 heterocycles. The normalized spacial score (nSPS) is 11.4. The van der Waals surface area contributed by atoms with E-state index in [4.69, 9.17) is 11.5 Å². The van der Waals surface area contributed by atoms with Gasteiger partial charge < -0.3 is 27.0 Å². The predicted octanol–water partition coefficient (Wildman–Crippen LogP) is 3.71. The molecule has 2 rings (SSSR count). The molecule has 1 atom stereocenters. The molecular formula is C19H27N3O2S. The summed E-state index contributed by atoms with van der Waals surface area (Å²) in [5.74, 6) is 0.195. The quantitative estimate of drug-likeness (QED) is 0.277. The summed E-state index contributed by atoms with van der Waals surface area (Å²) in [6, 6.07) is 10.5. The third-order valence-corrected chi connectivity index (χ3v) is 3.79. The molecule has 7 N–H and O–H groups in total. The van der Waals surface area contributed by atoms with E-state index < -0.39 is 6.17 Å². The fourth-order valence-electron chi connectivity index (χ4n) is 2.14. The lowest BCUT2D eigenvalue weighted by Gasteiger charge is -2.19. The Kier molecular flexibility index (Phi) is 8.34. The number of nitrogens with one attached hydrogen (secondary N) is 1. The van der Waals surface area contributed by atoms with Crippen molar-refractivity contribution >= 4 is 18.3 Å². The van der Waals surface area contributed by atoms with Crippen LogP contribution in [0.25, 0.3) is 0 Å². The minimum absolute atomic E-state index is 0.0253. The van der Waals surface area contributed by atoms with Crippen LogP contribution in [0.1, 0.15) is 37.1 Å². The van der Waals surface area contributed by atoms with Crippen LogP contribution in [0, 0.1) is 0 Å². The first-order valence-electron chi connectivity index (χ1n) is 7.98. The van der Waals surface area contributed by atoms with Gasteiger partial charge in [0.05, 0.1) is 0 Å². The SMILES string of the molecule is C=CCN.CC(C)c1cc(C(N)Nc2ccc(S)cc2)c(O)cc1O. The molecule has 0 aliphatic rings. The van der Waals surface area contributed by atoms with Crippen LogP contribution < -0.4 is 16.8 Å². The summed E-state index contributed by atoms with van der Waals surface area (Å²) >= 11 is 4.23. The van der Waals surface area contributed by atoms with Crippen LogP contribution in [-0.4, -0.2) is 16.8 Å². The van der Waals surface area contributed by atoms with Crippen LogP contribution >= 0.6 is 12.6 Å². The monoisotopic (exact) mass is 361 g/mol. The highest BCUT2D eigenvalue weighted by Crippen LogP contribution is 2.34. The molecular weight excluding hydrogens is 334 g/mol. The second-order valence-electron chi connectivity index (χ2n) is 5.82. The molecule has 5 nitrogen and oxygen atoms in total. The highest BCUT2D eigenvalue weighted by Gasteiger charge is 2.16. The van der Waals surface area contributed by atoms with Crippen molar-refractivity contribution in [2.75, 3.05) is 11.9 Å². The molecule has 1 unspecified atom stereocenters. The molecule has 0 spiro atoms. The van der Waals surface area contributed by atoms with Gasteiger partial charge >= 0.3 is 0 Å². The van der Waals surface area contributed by atoms with Gasteiger partial charge in [0.2, 0.25) is 0 Å². The molecule has 0 saturated carbocycles. The zero-order valence-corrected chi connectivity index (χ0v) is 15.5. The van der Waals surface area contributed by atoms with E-state index in [9.17, 15) is 10.2 Å². The average Bonchev–Trinajstić information content (AvgIpc) is 2.56. The van der Waals surface area contributed by atoms with Gasteiger partial charge in [-0.15, -0.1) is 19.2 Å². The molecule has 0 amide bonds. The van der Waals surface area contributed by atoms with E-state index in [2.05, 4.69) is 24.5 Å². The number of nitrogens with two attached hydrogens (primary N) is 2. The van der Waals surface area contributed by atoms with Gasteiger partial charge in [-0.3, -0.25) is 0 Å². The highest BCUT2D eigenvalue weighted by atomic mass is 32.1. The third-order valence-electron chi connectivity index (χ3n) is 3.49. The number of aromatic hydroxyl groups is 2. The van der Waals surface area contributed by atoms with Crippen LogP contribution in [0.15, 0.2) is 53.9 Å². The van der Waals surface area contributed by atoms with Gasteiger partial charge in [-0.2, -0.15) is 0 Å². The van der Waals surface area contributed by atoms with Crippen LogP contribution in [0.5, 0.6) is 11.5 Å². The van der Waals surface area contributed by atoms with Crippen molar-refractivity contribution in [3.05, 3.63) is 60.2 Å². The number of benzene rings is 2. The van der Waals surface area contributed by atoms with Crippen molar-refractivity contribution in [2.24, 2.45) is 11.5 Å². The van der Waals surface area contributed by atoms with Gasteiger partial charge in [-0.1, -0.05) is 19.9 Å². The van der Waals surface area contributed by atoms with Gasteiger partial charge in [0, 0.05) is 28.8 Å². The van der Waals surface area contributed by atoms with Crippen LogP contribution in [0.2, 0.25) is 0 Å². The maximum absolute atomic E-state index is 10.00. The average molecular weight is 362 g/mol. The van der Waals surface area contributed by atoms with E-state index in [0.717, 1.165) is 16.1 Å². The summed E-state index contributed by atoms with van der Waals surface area (Å²) in [4.78, 5) is 0.865. The van der Waals surface area contributed by atoms with Crippen molar-refractivity contribution in [1.29, 1.82) is 0 Å². The molecule has 0 aliphatic carbocycles. The van der Waals surface area contributed by atoms with Gasteiger partial charge in [0.25, 0.3) is 0 Å². The summed E-state index contributed by atoms with van der Waals surface area (Å²) in [6.45, 7) is 7.88. The third kappa shape index (κ3) is 6.34. The second-order valence-corrected chi connectivity index (χ2v) is 6.33. The minimum atomic E-state index is -0.575. The molecule has 2 aromatic carbocycles. The van der Waals surface area contributed by atoms with Crippen molar-refractivity contribution in [3.8, 4) is 11.5 Å². The molecule has 0 radical (unpaired) electrons. The molecule has 6 heteroatoms. The fourth-order valence-corrected chi connectivity index (χ4v) is 2.29. The molecule has 0 aromatic heterocycles. The predicted molar refractivity (Wildman–Crippen MR) is 107 cm³/mol. The molecule has 0 fully saturated rings. The summed E-state index contributed by atoms with van der Waals surface area (Å²) in [5, 5.41) is 23.0. The zero-order valence-electron chi connectivity index (χ0n) is 14.6. The van der Waals surface area contributed by atoms with Crippen LogP contribution in [0.3, 0.4) is 0 Å². The topological polar surface area (TPSA) is 105 Å². The number of hydrogen-bond donors (Lipinski definition) is 6. The fraction of sp³-hybridized carbons (Fsp3) is 0.263. The van der Waals surface area contributed by atoms with E-state index >= 15 is 0 Å². The van der Waals surface area contributed by atoms with Crippen molar-refractivity contribution in [3.63, 3.8) is 0 Å². The molecule has 136 valence electrons. The Hall–Kier alpha value is -2.15. The lowest BCUT2D eigenvalue weighted by molar-refractivity contribution is 0.437. The van der Waals surface area contributed by atoms with Crippen LogP contribution in [-0.2, 0) is 0 Å². The Morgan fingerprint density at radius 1 is 1.12 bits per heavy atom. The summed E-state index contributed by atoms with van der Waals surface area (Å²) in [7, 11) is 0. The van der Waals surface area contributed by atoms with E-state index in [1.54, 1.807) is 12.1 Å². The number of phenolic OH excluding ortho intramolecular Hbond substituents is 2. The largest absolute Gasteiger partial charge is 0.508 e. The lowest BCUT2D eigenvalue weighted by atomic mass is 9.98. The Morgan fingerprint density at radius 2 is 1.64 bits per heavy atom. The maximum Gasteiger partial charge on any atom is 0.125 e. The Labute approximate surface area is 154 Å². The Bertz CT molecular complexity index is 688. The molecule has 0 bridgehead atoms. The first-order valence-corrected chi connectivity index (χ1v) is 8.42. The smallest absolute Gasteiger partial charge is 0.125 e. The van der Waals surface area contributed by atoms with Gasteiger partial charge in [-0.25, -0.2) is 0 Å². The molecule has 2 aromatic rings. The number of thiol groups is 1. The van der Waals surface area contributed by atoms with Crippen LogP contribution in [0.4, 0.5) is 5.69 Å². The molecule has 25 heavy (non-hydrogen) atoms. The summed E-state index contributed by atoms with van der Waals surface area (Å²) < 4.78 is 0. The number of anilines is 1. The number of phenols is 2. The van der Waals surface area contributed by atoms with Crippen molar-refractivity contribution in [1.82, 2.24) is 0 Å². The second kappa shape index (κ2) is 9.98. The van der Waals surface area contributed by atoms with E-state index in [-0.39, 0.29) is 17.4 Å². The standard InChI is InChI=1S/C16H20N2O2S.C3H7N/c1-9(2)12-7-13(15(20)8-14(12)19)16(17)18-10-3-5-11(21)6-4-10;1-2-3-4/h3-9,16,18-21H,17H2,1-2H3;2H,1,3-4H2. The summed E-state index contributed by atoms with van der Waals surface area (Å²) in [6.07, 6.45) is 1.08. The number of rotatable bonds is 5. The van der Waals surface area contributed by atoms with E-state index in [1.807, 2.05) is 38.1 Å². The van der Waals surface area contributed by atoms with Gasteiger partial charge in [0.1, 0.15) is 17.7 Å².